The number of carbonyl (C=O) groups excluding carboxylic acids is 1. The molecule has 0 aromatic carbocycles. The highest BCUT2D eigenvalue weighted by molar-refractivity contribution is 5.77. The minimum Gasteiger partial charge on any atom is -0.354 e. The Kier molecular flexibility index (Phi) is 2.57. The molecule has 2 amide bonds. The number of halogens is 1. The van der Waals surface area contributed by atoms with Gasteiger partial charge in [-0.05, 0) is 25.0 Å². The Labute approximate surface area is 104 Å². The van der Waals surface area contributed by atoms with Gasteiger partial charge in [-0.25, -0.2) is 9.78 Å². The van der Waals surface area contributed by atoms with E-state index in [9.17, 15) is 9.18 Å². The molecule has 1 atom stereocenters. The summed E-state index contributed by atoms with van der Waals surface area (Å²) in [5, 5.41) is 5.76. The van der Waals surface area contributed by atoms with E-state index >= 15 is 0 Å². The number of anilines is 1. The zero-order valence-corrected chi connectivity index (χ0v) is 9.95. The Morgan fingerprint density at radius 2 is 2.33 bits per heavy atom. The van der Waals surface area contributed by atoms with Crippen LogP contribution < -0.4 is 15.5 Å². The van der Waals surface area contributed by atoms with Crippen LogP contribution in [0.5, 0.6) is 0 Å². The first-order valence-corrected chi connectivity index (χ1v) is 6.10. The Bertz CT molecular complexity index is 481. The van der Waals surface area contributed by atoms with Crippen molar-refractivity contribution >= 4 is 11.8 Å². The lowest BCUT2D eigenvalue weighted by Gasteiger charge is -2.40. The summed E-state index contributed by atoms with van der Waals surface area (Å²) in [6.45, 7) is 2.13. The third-order valence-corrected chi connectivity index (χ3v) is 3.57. The van der Waals surface area contributed by atoms with Crippen LogP contribution in [-0.2, 0) is 0 Å². The first-order chi connectivity index (χ1) is 8.67. The quantitative estimate of drug-likeness (QED) is 0.727. The maximum absolute atomic E-state index is 13.1. The molecular formula is C12H15FN4O. The molecule has 6 heteroatoms. The number of piperidine rings is 1. The molecule has 1 spiro atoms. The summed E-state index contributed by atoms with van der Waals surface area (Å²) in [5.41, 5.74) is -0.233. The molecule has 1 unspecified atom stereocenters. The number of rotatable bonds is 1. The smallest absolute Gasteiger partial charge is 0.315 e. The maximum Gasteiger partial charge on any atom is 0.315 e. The van der Waals surface area contributed by atoms with Crippen LogP contribution in [0.2, 0.25) is 0 Å². The molecule has 0 radical (unpaired) electrons. The number of urea groups is 1. The highest BCUT2D eigenvalue weighted by Gasteiger charge is 2.41. The van der Waals surface area contributed by atoms with Crippen molar-refractivity contribution in [2.45, 2.75) is 18.4 Å². The lowest BCUT2D eigenvalue weighted by Crippen LogP contribution is -2.56. The van der Waals surface area contributed by atoms with Crippen molar-refractivity contribution in [1.82, 2.24) is 15.6 Å². The molecule has 1 aromatic heterocycles. The second-order valence-electron chi connectivity index (χ2n) is 4.93. The molecule has 1 aromatic rings. The zero-order valence-electron chi connectivity index (χ0n) is 9.95. The first-order valence-electron chi connectivity index (χ1n) is 6.10. The van der Waals surface area contributed by atoms with Gasteiger partial charge in [0, 0.05) is 19.6 Å². The van der Waals surface area contributed by atoms with Crippen LogP contribution in [0.15, 0.2) is 18.2 Å². The summed E-state index contributed by atoms with van der Waals surface area (Å²) in [7, 11) is 0. The van der Waals surface area contributed by atoms with E-state index in [0.717, 1.165) is 19.4 Å². The van der Waals surface area contributed by atoms with E-state index in [2.05, 4.69) is 15.6 Å². The van der Waals surface area contributed by atoms with Gasteiger partial charge in [0.05, 0.1) is 5.54 Å². The number of nitrogens with one attached hydrogen (secondary N) is 2. The third-order valence-electron chi connectivity index (χ3n) is 3.57. The minimum absolute atomic E-state index is 0.121. The third kappa shape index (κ3) is 1.98. The Morgan fingerprint density at radius 3 is 3.06 bits per heavy atom. The monoisotopic (exact) mass is 250 g/mol. The van der Waals surface area contributed by atoms with Crippen LogP contribution in [0.3, 0.4) is 0 Å². The van der Waals surface area contributed by atoms with Gasteiger partial charge in [-0.3, -0.25) is 0 Å². The van der Waals surface area contributed by atoms with Crippen LogP contribution >= 0.6 is 0 Å². The number of hydrogen-bond acceptors (Lipinski definition) is 3. The fourth-order valence-electron chi connectivity index (χ4n) is 2.73. The van der Waals surface area contributed by atoms with Gasteiger partial charge in [0.25, 0.3) is 0 Å². The Hall–Kier alpha value is -1.85. The fraction of sp³-hybridized carbons (Fsp3) is 0.500. The first kappa shape index (κ1) is 11.3. The van der Waals surface area contributed by atoms with E-state index in [-0.39, 0.29) is 11.6 Å². The average molecular weight is 250 g/mol. The molecule has 3 heterocycles. The molecule has 2 aliphatic heterocycles. The standard InChI is InChI=1S/C12H15FN4O/c13-9-3-1-4-10(15-9)17-6-2-5-12(8-17)7-14-11(18)16-12/h1,3-4H,2,5-8H2,(H2,14,16,18). The number of amides is 2. The maximum atomic E-state index is 13.1. The average Bonchev–Trinajstić information content (AvgIpc) is 2.70. The van der Waals surface area contributed by atoms with Gasteiger partial charge in [0.1, 0.15) is 5.82 Å². The number of aromatic nitrogens is 1. The highest BCUT2D eigenvalue weighted by Crippen LogP contribution is 2.26. The second-order valence-corrected chi connectivity index (χ2v) is 4.93. The summed E-state index contributed by atoms with van der Waals surface area (Å²) in [6, 6.07) is 4.67. The molecule has 2 saturated heterocycles. The topological polar surface area (TPSA) is 57.3 Å². The van der Waals surface area contributed by atoms with Crippen LogP contribution in [-0.4, -0.2) is 36.2 Å². The lowest BCUT2D eigenvalue weighted by atomic mass is 9.90. The van der Waals surface area contributed by atoms with E-state index in [0.29, 0.717) is 18.9 Å². The van der Waals surface area contributed by atoms with E-state index in [4.69, 9.17) is 0 Å². The molecule has 0 bridgehead atoms. The molecule has 2 fully saturated rings. The Morgan fingerprint density at radius 1 is 1.44 bits per heavy atom. The fourth-order valence-corrected chi connectivity index (χ4v) is 2.73. The molecule has 18 heavy (non-hydrogen) atoms. The zero-order chi connectivity index (χ0) is 12.6. The van der Waals surface area contributed by atoms with E-state index < -0.39 is 5.95 Å². The molecule has 5 nitrogen and oxygen atoms in total. The van der Waals surface area contributed by atoms with Gasteiger partial charge in [-0.15, -0.1) is 0 Å². The molecule has 0 saturated carbocycles. The summed E-state index contributed by atoms with van der Waals surface area (Å²) in [5.74, 6) is 0.163. The van der Waals surface area contributed by atoms with Crippen LogP contribution in [0.25, 0.3) is 0 Å². The van der Waals surface area contributed by atoms with Crippen molar-refractivity contribution in [2.24, 2.45) is 0 Å². The van der Waals surface area contributed by atoms with Gasteiger partial charge in [-0.1, -0.05) is 6.07 Å². The minimum atomic E-state index is -0.472. The van der Waals surface area contributed by atoms with Gasteiger partial charge in [0.15, 0.2) is 0 Å². The number of hydrogen-bond donors (Lipinski definition) is 2. The van der Waals surface area contributed by atoms with Gasteiger partial charge in [-0.2, -0.15) is 4.39 Å². The van der Waals surface area contributed by atoms with Crippen LogP contribution in [0.1, 0.15) is 12.8 Å². The van der Waals surface area contributed by atoms with Gasteiger partial charge >= 0.3 is 6.03 Å². The molecule has 2 aliphatic rings. The van der Waals surface area contributed by atoms with Crippen LogP contribution in [0, 0.1) is 5.95 Å². The van der Waals surface area contributed by atoms with Gasteiger partial charge in [0.2, 0.25) is 5.95 Å². The van der Waals surface area contributed by atoms with Crippen molar-refractivity contribution in [2.75, 3.05) is 24.5 Å². The highest BCUT2D eigenvalue weighted by atomic mass is 19.1. The van der Waals surface area contributed by atoms with Crippen molar-refractivity contribution in [3.8, 4) is 0 Å². The van der Waals surface area contributed by atoms with Crippen molar-refractivity contribution in [3.05, 3.63) is 24.1 Å². The van der Waals surface area contributed by atoms with E-state index in [1.807, 2.05) is 4.90 Å². The van der Waals surface area contributed by atoms with E-state index in [1.54, 1.807) is 12.1 Å². The summed E-state index contributed by atoms with van der Waals surface area (Å²) in [6.07, 6.45) is 1.90. The van der Waals surface area contributed by atoms with Crippen molar-refractivity contribution in [3.63, 3.8) is 0 Å². The van der Waals surface area contributed by atoms with Gasteiger partial charge < -0.3 is 15.5 Å². The summed E-state index contributed by atoms with van der Waals surface area (Å²) < 4.78 is 13.1. The number of pyridine rings is 1. The predicted octanol–water partition coefficient (Wildman–Crippen LogP) is 0.872. The summed E-state index contributed by atoms with van der Waals surface area (Å²) in [4.78, 5) is 17.2. The number of nitrogens with zero attached hydrogens (tertiary/aromatic N) is 2. The molecule has 96 valence electrons. The van der Waals surface area contributed by atoms with Crippen molar-refractivity contribution in [1.29, 1.82) is 0 Å². The largest absolute Gasteiger partial charge is 0.354 e. The molecule has 2 N–H and O–H groups in total. The van der Waals surface area contributed by atoms with Crippen molar-refractivity contribution < 1.29 is 9.18 Å². The Balaban J connectivity index is 1.80. The molecule has 3 rings (SSSR count). The van der Waals surface area contributed by atoms with E-state index in [1.165, 1.54) is 6.07 Å². The summed E-state index contributed by atoms with van der Waals surface area (Å²) >= 11 is 0. The SMILES string of the molecule is O=C1NCC2(CCCN(c3cccc(F)n3)C2)N1. The normalized spacial score (nSPS) is 27.2. The second kappa shape index (κ2) is 4.12. The predicted molar refractivity (Wildman–Crippen MR) is 64.9 cm³/mol. The lowest BCUT2D eigenvalue weighted by molar-refractivity contribution is 0.241. The molecular weight excluding hydrogens is 235 g/mol. The number of carbonyl (C=O) groups is 1. The molecule has 0 aliphatic carbocycles. The van der Waals surface area contributed by atoms with Crippen LogP contribution in [0.4, 0.5) is 15.0 Å².